The number of anilines is 2. The third-order valence-electron chi connectivity index (χ3n) is 10.8. The monoisotopic (exact) mass is 654 g/mol. The van der Waals surface area contributed by atoms with Crippen LogP contribution in [-0.4, -0.2) is 16.2 Å². The number of rotatable bonds is 6. The van der Waals surface area contributed by atoms with Gasteiger partial charge in [-0.25, -0.2) is 4.98 Å². The minimum Gasteiger partial charge on any atom is -0.457 e. The van der Waals surface area contributed by atoms with Crippen LogP contribution in [0.3, 0.4) is 0 Å². The lowest BCUT2D eigenvalue weighted by Gasteiger charge is -2.27. The van der Waals surface area contributed by atoms with E-state index in [9.17, 15) is 0 Å². The van der Waals surface area contributed by atoms with Gasteiger partial charge in [0.1, 0.15) is 17.3 Å². The van der Waals surface area contributed by atoms with Crippen molar-refractivity contribution in [3.63, 3.8) is 0 Å². The Kier molecular flexibility index (Phi) is 7.71. The first kappa shape index (κ1) is 31.5. The fraction of sp³-hybridized carbons (Fsp3) is 0.178. The molecule has 0 radical (unpaired) electrons. The molecule has 5 heteroatoms. The summed E-state index contributed by atoms with van der Waals surface area (Å²) >= 11 is 0. The van der Waals surface area contributed by atoms with Gasteiger partial charge in [-0.2, -0.15) is 0 Å². The van der Waals surface area contributed by atoms with E-state index in [2.05, 4.69) is 166 Å². The zero-order valence-corrected chi connectivity index (χ0v) is 29.9. The Bertz CT molecular complexity index is 2440. The van der Waals surface area contributed by atoms with Crippen LogP contribution in [0.4, 0.5) is 11.4 Å². The summed E-state index contributed by atoms with van der Waals surface area (Å²) in [6, 6.07) is 34.0. The lowest BCUT2D eigenvalue weighted by Crippen LogP contribution is -2.26. The number of benzene rings is 5. The van der Waals surface area contributed by atoms with E-state index in [1.807, 2.05) is 12.3 Å². The summed E-state index contributed by atoms with van der Waals surface area (Å²) in [6.07, 6.45) is 6.26. The molecule has 0 saturated carbocycles. The van der Waals surface area contributed by atoms with E-state index >= 15 is 0 Å². The zero-order valence-electron chi connectivity index (χ0n) is 29.9. The lowest BCUT2D eigenvalue weighted by molar-refractivity contribution is 0.483. The lowest BCUT2D eigenvalue weighted by atomic mass is 9.92. The Morgan fingerprint density at radius 3 is 2.00 bits per heavy atom. The molecule has 1 aliphatic rings. The van der Waals surface area contributed by atoms with Gasteiger partial charge in [-0.15, -0.1) is 0 Å². The number of pyridine rings is 1. The van der Waals surface area contributed by atoms with Gasteiger partial charge >= 0.3 is 0 Å². The number of nitrogens with zero attached hydrogens (tertiary/aromatic N) is 4. The van der Waals surface area contributed by atoms with Gasteiger partial charge in [0.05, 0.1) is 17.7 Å². The highest BCUT2D eigenvalue weighted by atomic mass is 16.5. The number of ether oxygens (including phenoxy) is 1. The van der Waals surface area contributed by atoms with Crippen LogP contribution in [0.1, 0.15) is 38.9 Å². The minimum absolute atomic E-state index is 0.743. The van der Waals surface area contributed by atoms with Crippen molar-refractivity contribution in [3.05, 3.63) is 155 Å². The summed E-state index contributed by atoms with van der Waals surface area (Å²) in [5.41, 5.74) is 16.3. The highest BCUT2D eigenvalue weighted by molar-refractivity contribution is 6.09. The third-order valence-corrected chi connectivity index (χ3v) is 10.8. The number of aromatic nitrogens is 2. The van der Waals surface area contributed by atoms with E-state index in [1.165, 1.54) is 55.6 Å². The Hall–Kier alpha value is -5.81. The van der Waals surface area contributed by atoms with Crippen LogP contribution in [0, 0.1) is 48.5 Å². The van der Waals surface area contributed by atoms with Gasteiger partial charge in [0.25, 0.3) is 0 Å². The Balaban J connectivity index is 1.12. The van der Waals surface area contributed by atoms with Crippen molar-refractivity contribution in [1.29, 1.82) is 0 Å². The molecule has 0 fully saturated rings. The molecule has 0 N–H and O–H groups in total. The maximum atomic E-state index is 6.59. The predicted octanol–water partition coefficient (Wildman–Crippen LogP) is 11.6. The van der Waals surface area contributed by atoms with Crippen molar-refractivity contribution in [1.82, 2.24) is 9.55 Å². The standard InChI is InChI=1S/C45H42N4O/c1-28-12-10-13-29(2)44(28)35-20-21-46-43(24-35)49-41-17-9-8-16-39(41)40-19-18-38(26-42(40)49)50-37-15-11-14-36(25-37)47-22-23-48(27-47)45-33(6)31(4)30(3)32(5)34(45)7/h8-26H,27H2,1-7H3. The average molecular weight is 655 g/mol. The van der Waals surface area contributed by atoms with Gasteiger partial charge in [0.15, 0.2) is 0 Å². The van der Waals surface area contributed by atoms with Crippen LogP contribution in [0.2, 0.25) is 0 Å². The fourth-order valence-corrected chi connectivity index (χ4v) is 7.73. The topological polar surface area (TPSA) is 33.5 Å². The molecule has 0 bridgehead atoms. The number of fused-ring (bicyclic) bond motifs is 3. The number of para-hydroxylation sites is 1. The molecule has 50 heavy (non-hydrogen) atoms. The van der Waals surface area contributed by atoms with Gasteiger partial charge in [0, 0.05) is 52.9 Å². The highest BCUT2D eigenvalue weighted by Crippen LogP contribution is 2.38. The molecule has 0 atom stereocenters. The van der Waals surface area contributed by atoms with E-state index in [-0.39, 0.29) is 0 Å². The molecule has 8 rings (SSSR count). The molecule has 0 unspecified atom stereocenters. The van der Waals surface area contributed by atoms with Crippen molar-refractivity contribution in [3.8, 4) is 28.4 Å². The largest absolute Gasteiger partial charge is 0.457 e. The van der Waals surface area contributed by atoms with Crippen molar-refractivity contribution >= 4 is 33.2 Å². The quantitative estimate of drug-likeness (QED) is 0.179. The van der Waals surface area contributed by atoms with E-state index in [1.54, 1.807) is 0 Å². The summed E-state index contributed by atoms with van der Waals surface area (Å²) in [4.78, 5) is 9.52. The summed E-state index contributed by atoms with van der Waals surface area (Å²) in [7, 11) is 0. The Labute approximate surface area is 294 Å². The van der Waals surface area contributed by atoms with Crippen molar-refractivity contribution in [2.24, 2.45) is 0 Å². The Morgan fingerprint density at radius 1 is 0.560 bits per heavy atom. The molecule has 3 heterocycles. The van der Waals surface area contributed by atoms with Crippen LogP contribution in [0.15, 0.2) is 116 Å². The van der Waals surface area contributed by atoms with E-state index in [0.717, 1.165) is 51.7 Å². The Morgan fingerprint density at radius 2 is 1.22 bits per heavy atom. The minimum atomic E-state index is 0.743. The van der Waals surface area contributed by atoms with Crippen LogP contribution < -0.4 is 14.5 Å². The molecule has 1 aliphatic heterocycles. The van der Waals surface area contributed by atoms with Crippen molar-refractivity contribution in [2.75, 3.05) is 16.5 Å². The van der Waals surface area contributed by atoms with Gasteiger partial charge in [-0.3, -0.25) is 4.57 Å². The highest BCUT2D eigenvalue weighted by Gasteiger charge is 2.22. The van der Waals surface area contributed by atoms with Gasteiger partial charge in [0.2, 0.25) is 0 Å². The first-order chi connectivity index (χ1) is 24.2. The first-order valence-corrected chi connectivity index (χ1v) is 17.3. The summed E-state index contributed by atoms with van der Waals surface area (Å²) in [5, 5.41) is 2.35. The summed E-state index contributed by atoms with van der Waals surface area (Å²) in [6.45, 7) is 16.3. The molecule has 2 aromatic heterocycles. The fourth-order valence-electron chi connectivity index (χ4n) is 7.73. The van der Waals surface area contributed by atoms with Crippen molar-refractivity contribution < 1.29 is 4.74 Å². The van der Waals surface area contributed by atoms with E-state index in [0.29, 0.717) is 0 Å². The second-order valence-electron chi connectivity index (χ2n) is 13.7. The first-order valence-electron chi connectivity index (χ1n) is 17.3. The van der Waals surface area contributed by atoms with Crippen molar-refractivity contribution in [2.45, 2.75) is 48.5 Å². The normalized spacial score (nSPS) is 12.9. The second kappa shape index (κ2) is 12.3. The van der Waals surface area contributed by atoms with Crippen LogP contribution in [0.5, 0.6) is 11.5 Å². The summed E-state index contributed by atoms with van der Waals surface area (Å²) < 4.78 is 8.85. The maximum absolute atomic E-state index is 6.59. The molecule has 5 aromatic carbocycles. The van der Waals surface area contributed by atoms with Crippen LogP contribution in [0.25, 0.3) is 38.8 Å². The van der Waals surface area contributed by atoms with Gasteiger partial charge in [-0.05, 0) is 141 Å². The van der Waals surface area contributed by atoms with Crippen LogP contribution in [-0.2, 0) is 0 Å². The van der Waals surface area contributed by atoms with Gasteiger partial charge in [-0.1, -0.05) is 42.5 Å². The third kappa shape index (κ3) is 5.21. The molecule has 7 aromatic rings. The maximum Gasteiger partial charge on any atom is 0.138 e. The summed E-state index contributed by atoms with van der Waals surface area (Å²) in [5.74, 6) is 2.45. The number of aryl methyl sites for hydroxylation is 2. The molecule has 5 nitrogen and oxygen atoms in total. The molecule has 0 amide bonds. The average Bonchev–Trinajstić information content (AvgIpc) is 3.73. The molecular formula is C45H42N4O. The molecular weight excluding hydrogens is 613 g/mol. The second-order valence-corrected chi connectivity index (χ2v) is 13.7. The SMILES string of the molecule is Cc1cccc(C)c1-c1ccnc(-n2c3ccccc3c3ccc(Oc4cccc(N5C=CN(c6c(C)c(C)c(C)c(C)c6C)C5)c4)cc32)c1. The molecule has 0 saturated heterocycles. The van der Waals surface area contributed by atoms with E-state index in [4.69, 9.17) is 9.72 Å². The molecule has 0 spiro atoms. The number of hydrogen-bond donors (Lipinski definition) is 0. The zero-order chi connectivity index (χ0) is 34.7. The number of hydrogen-bond acceptors (Lipinski definition) is 4. The smallest absolute Gasteiger partial charge is 0.138 e. The van der Waals surface area contributed by atoms with Crippen LogP contribution >= 0.6 is 0 Å². The predicted molar refractivity (Wildman–Crippen MR) is 209 cm³/mol. The molecule has 0 aliphatic carbocycles. The molecule has 248 valence electrons. The van der Waals surface area contributed by atoms with Gasteiger partial charge < -0.3 is 14.5 Å². The van der Waals surface area contributed by atoms with E-state index < -0.39 is 0 Å².